The van der Waals surface area contributed by atoms with Crippen LogP contribution in [-0.4, -0.2) is 17.3 Å². The van der Waals surface area contributed by atoms with E-state index in [0.717, 1.165) is 5.69 Å². The van der Waals surface area contributed by atoms with Crippen LogP contribution in [0.3, 0.4) is 0 Å². The van der Waals surface area contributed by atoms with Gasteiger partial charge in [-0.1, -0.05) is 11.6 Å². The highest BCUT2D eigenvalue weighted by atomic mass is 35.5. The second kappa shape index (κ2) is 3.37. The Kier molecular flexibility index (Phi) is 2.65. The van der Waals surface area contributed by atoms with Gasteiger partial charge in [0.05, 0.1) is 5.69 Å². The van der Waals surface area contributed by atoms with Crippen LogP contribution in [0.15, 0.2) is 12.1 Å². The fourth-order valence-corrected chi connectivity index (χ4v) is 0.842. The van der Waals surface area contributed by atoms with Gasteiger partial charge in [-0.3, -0.25) is 0 Å². The maximum Gasteiger partial charge on any atom is 0.151 e. The molecule has 3 nitrogen and oxygen atoms in total. The van der Waals surface area contributed by atoms with Crippen molar-refractivity contribution in [3.05, 3.63) is 23.0 Å². The zero-order valence-electron chi connectivity index (χ0n) is 7.34. The van der Waals surface area contributed by atoms with Gasteiger partial charge in [0.2, 0.25) is 0 Å². The molecule has 0 radical (unpaired) electrons. The van der Waals surface area contributed by atoms with Crippen LogP contribution in [0.25, 0.3) is 0 Å². The summed E-state index contributed by atoms with van der Waals surface area (Å²) in [5.74, 6) is 0. The van der Waals surface area contributed by atoms with Gasteiger partial charge in [-0.2, -0.15) is 5.10 Å². The molecule has 0 saturated heterocycles. The lowest BCUT2D eigenvalue weighted by atomic mass is 10.1. The van der Waals surface area contributed by atoms with Crippen molar-refractivity contribution in [1.82, 2.24) is 10.2 Å². The predicted octanol–water partition coefficient (Wildman–Crippen LogP) is 2.01. The maximum absolute atomic E-state index is 5.59. The van der Waals surface area contributed by atoms with E-state index in [1.165, 1.54) is 0 Å². The van der Waals surface area contributed by atoms with Crippen molar-refractivity contribution in [2.24, 2.45) is 0 Å². The van der Waals surface area contributed by atoms with E-state index in [4.69, 9.17) is 16.3 Å². The molecule has 4 heteroatoms. The molecule has 1 heterocycles. The summed E-state index contributed by atoms with van der Waals surface area (Å²) in [7, 11) is 1.64. The molecule has 0 aliphatic heterocycles. The third kappa shape index (κ3) is 1.93. The first-order valence-electron chi connectivity index (χ1n) is 3.61. The smallest absolute Gasteiger partial charge is 0.151 e. The highest BCUT2D eigenvalue weighted by Gasteiger charge is 2.21. The van der Waals surface area contributed by atoms with Crippen molar-refractivity contribution in [3.8, 4) is 0 Å². The molecule has 0 atom stereocenters. The quantitative estimate of drug-likeness (QED) is 0.709. The Morgan fingerprint density at radius 1 is 1.33 bits per heavy atom. The second-order valence-electron chi connectivity index (χ2n) is 2.96. The molecule has 0 aliphatic carbocycles. The first-order valence-corrected chi connectivity index (χ1v) is 3.99. The summed E-state index contributed by atoms with van der Waals surface area (Å²) in [6, 6.07) is 3.50. The first kappa shape index (κ1) is 9.42. The molecule has 1 aromatic heterocycles. The van der Waals surface area contributed by atoms with Crippen LogP contribution in [0.1, 0.15) is 19.5 Å². The summed E-state index contributed by atoms with van der Waals surface area (Å²) in [5, 5.41) is 8.04. The first-order chi connectivity index (χ1) is 5.56. The van der Waals surface area contributed by atoms with Crippen LogP contribution in [0, 0.1) is 0 Å². The van der Waals surface area contributed by atoms with E-state index >= 15 is 0 Å². The van der Waals surface area contributed by atoms with Crippen LogP contribution < -0.4 is 0 Å². The van der Waals surface area contributed by atoms with Gasteiger partial charge < -0.3 is 4.74 Å². The van der Waals surface area contributed by atoms with Crippen LogP contribution in [0.5, 0.6) is 0 Å². The average Bonchev–Trinajstić information content (AvgIpc) is 2.05. The Morgan fingerprint density at radius 3 is 2.42 bits per heavy atom. The zero-order valence-corrected chi connectivity index (χ0v) is 8.09. The largest absolute Gasteiger partial charge is 0.372 e. The highest BCUT2D eigenvalue weighted by molar-refractivity contribution is 6.29. The monoisotopic (exact) mass is 186 g/mol. The standard InChI is InChI=1S/C8H11ClN2O/c1-8(2,12-3)6-4-5-7(9)11-10-6/h4-5H,1-3H3. The SMILES string of the molecule is COC(C)(C)c1ccc(Cl)nn1. The number of hydrogen-bond donors (Lipinski definition) is 0. The lowest BCUT2D eigenvalue weighted by Gasteiger charge is -2.20. The lowest BCUT2D eigenvalue weighted by Crippen LogP contribution is -2.21. The summed E-state index contributed by atoms with van der Waals surface area (Å²) in [6.45, 7) is 3.84. The van der Waals surface area contributed by atoms with E-state index in [9.17, 15) is 0 Å². The van der Waals surface area contributed by atoms with Crippen LogP contribution in [0.2, 0.25) is 5.15 Å². The summed E-state index contributed by atoms with van der Waals surface area (Å²) < 4.78 is 5.22. The molecule has 0 N–H and O–H groups in total. The molecule has 1 aromatic rings. The third-order valence-corrected chi connectivity index (χ3v) is 1.96. The molecule has 12 heavy (non-hydrogen) atoms. The van der Waals surface area contributed by atoms with E-state index in [1.54, 1.807) is 19.2 Å². The van der Waals surface area contributed by atoms with Gasteiger partial charge in [-0.25, -0.2) is 0 Å². The minimum absolute atomic E-state index is 0.394. The van der Waals surface area contributed by atoms with Gasteiger partial charge in [0.1, 0.15) is 5.60 Å². The number of rotatable bonds is 2. The van der Waals surface area contributed by atoms with Crippen LogP contribution in [-0.2, 0) is 10.3 Å². The van der Waals surface area contributed by atoms with E-state index in [1.807, 2.05) is 13.8 Å². The van der Waals surface area contributed by atoms with Crippen molar-refractivity contribution < 1.29 is 4.74 Å². The minimum atomic E-state index is -0.405. The Bertz CT molecular complexity index is 258. The molecule has 0 unspecified atom stereocenters. The normalized spacial score (nSPS) is 11.7. The molecule has 66 valence electrons. The summed E-state index contributed by atoms with van der Waals surface area (Å²) in [5.41, 5.74) is 0.367. The summed E-state index contributed by atoms with van der Waals surface area (Å²) in [6.07, 6.45) is 0. The van der Waals surface area contributed by atoms with Crippen molar-refractivity contribution in [1.29, 1.82) is 0 Å². The Hall–Kier alpha value is -0.670. The van der Waals surface area contributed by atoms with Crippen molar-refractivity contribution in [2.45, 2.75) is 19.4 Å². The molecule has 0 spiro atoms. The zero-order chi connectivity index (χ0) is 9.19. The van der Waals surface area contributed by atoms with Crippen LogP contribution in [0.4, 0.5) is 0 Å². The number of ether oxygens (including phenoxy) is 1. The lowest BCUT2D eigenvalue weighted by molar-refractivity contribution is 0.0147. The van der Waals surface area contributed by atoms with E-state index < -0.39 is 5.60 Å². The van der Waals surface area contributed by atoms with Gasteiger partial charge in [-0.05, 0) is 26.0 Å². The second-order valence-corrected chi connectivity index (χ2v) is 3.34. The Labute approximate surface area is 76.7 Å². The van der Waals surface area contributed by atoms with Gasteiger partial charge in [-0.15, -0.1) is 5.10 Å². The number of nitrogens with zero attached hydrogens (tertiary/aromatic N) is 2. The Balaban J connectivity index is 2.96. The van der Waals surface area contributed by atoms with Gasteiger partial charge in [0.15, 0.2) is 5.15 Å². The number of halogens is 1. The molecule has 0 bridgehead atoms. The van der Waals surface area contributed by atoms with E-state index in [0.29, 0.717) is 5.15 Å². The summed E-state index contributed by atoms with van der Waals surface area (Å²) >= 11 is 5.59. The van der Waals surface area contributed by atoms with E-state index in [-0.39, 0.29) is 0 Å². The Morgan fingerprint density at radius 2 is 2.00 bits per heavy atom. The topological polar surface area (TPSA) is 35.0 Å². The molecule has 0 fully saturated rings. The number of aromatic nitrogens is 2. The fraction of sp³-hybridized carbons (Fsp3) is 0.500. The minimum Gasteiger partial charge on any atom is -0.372 e. The van der Waals surface area contributed by atoms with Crippen LogP contribution >= 0.6 is 11.6 Å². The maximum atomic E-state index is 5.59. The van der Waals surface area contributed by atoms with Crippen molar-refractivity contribution >= 4 is 11.6 Å². The third-order valence-electron chi connectivity index (χ3n) is 1.76. The average molecular weight is 187 g/mol. The molecule has 0 aliphatic rings. The molecule has 0 saturated carbocycles. The fourth-order valence-electron chi connectivity index (χ4n) is 0.742. The predicted molar refractivity (Wildman–Crippen MR) is 47.1 cm³/mol. The molecular weight excluding hydrogens is 176 g/mol. The van der Waals surface area contributed by atoms with Crippen molar-refractivity contribution in [2.75, 3.05) is 7.11 Å². The van der Waals surface area contributed by atoms with Gasteiger partial charge >= 0.3 is 0 Å². The van der Waals surface area contributed by atoms with Crippen molar-refractivity contribution in [3.63, 3.8) is 0 Å². The highest BCUT2D eigenvalue weighted by Crippen LogP contribution is 2.21. The molecule has 0 amide bonds. The van der Waals surface area contributed by atoms with E-state index in [2.05, 4.69) is 10.2 Å². The molecule has 0 aromatic carbocycles. The molecular formula is C8H11ClN2O. The van der Waals surface area contributed by atoms with Gasteiger partial charge in [0.25, 0.3) is 0 Å². The number of methoxy groups -OCH3 is 1. The number of hydrogen-bond acceptors (Lipinski definition) is 3. The molecule has 1 rings (SSSR count). The van der Waals surface area contributed by atoms with Gasteiger partial charge in [0, 0.05) is 7.11 Å². The summed E-state index contributed by atoms with van der Waals surface area (Å²) in [4.78, 5) is 0.